The number of carbonyl (C=O) groups is 2. The number of aryl methyl sites for hydroxylation is 2. The van der Waals surface area contributed by atoms with Crippen LogP contribution in [0.5, 0.6) is 11.5 Å². The molecule has 4 aromatic carbocycles. The van der Waals surface area contributed by atoms with Gasteiger partial charge in [-0.3, -0.25) is 9.59 Å². The second kappa shape index (κ2) is 8.80. The zero-order chi connectivity index (χ0) is 21.8. The van der Waals surface area contributed by atoms with Gasteiger partial charge < -0.3 is 4.74 Å². The molecule has 0 saturated carbocycles. The molecular weight excluding hydrogens is 384 g/mol. The molecule has 31 heavy (non-hydrogen) atoms. The Balaban J connectivity index is 1.43. The van der Waals surface area contributed by atoms with Gasteiger partial charge in [0.25, 0.3) is 0 Å². The summed E-state index contributed by atoms with van der Waals surface area (Å²) in [7, 11) is 0. The molecule has 0 spiro atoms. The molecular formula is C28H22O3. The summed E-state index contributed by atoms with van der Waals surface area (Å²) in [5, 5.41) is 0. The van der Waals surface area contributed by atoms with Gasteiger partial charge in [-0.1, -0.05) is 59.7 Å². The molecule has 3 heteroatoms. The molecule has 0 saturated heterocycles. The van der Waals surface area contributed by atoms with Gasteiger partial charge in [0.05, 0.1) is 0 Å². The summed E-state index contributed by atoms with van der Waals surface area (Å²) in [5.74, 6) is 1.20. The Morgan fingerprint density at radius 1 is 0.452 bits per heavy atom. The lowest BCUT2D eigenvalue weighted by Crippen LogP contribution is -2.01. The second-order valence-electron chi connectivity index (χ2n) is 7.54. The van der Waals surface area contributed by atoms with Gasteiger partial charge in [-0.25, -0.2) is 0 Å². The van der Waals surface area contributed by atoms with Gasteiger partial charge in [0.1, 0.15) is 11.5 Å². The Labute approximate surface area is 181 Å². The maximum atomic E-state index is 12.6. The van der Waals surface area contributed by atoms with E-state index in [9.17, 15) is 9.59 Å². The van der Waals surface area contributed by atoms with Crippen LogP contribution in [0.15, 0.2) is 97.1 Å². The fourth-order valence-corrected chi connectivity index (χ4v) is 3.23. The predicted molar refractivity (Wildman–Crippen MR) is 122 cm³/mol. The molecule has 4 rings (SSSR count). The van der Waals surface area contributed by atoms with E-state index >= 15 is 0 Å². The third-order valence-corrected chi connectivity index (χ3v) is 5.10. The van der Waals surface area contributed by atoms with E-state index in [1.165, 1.54) is 0 Å². The second-order valence-corrected chi connectivity index (χ2v) is 7.54. The molecule has 0 aliphatic carbocycles. The first-order valence-corrected chi connectivity index (χ1v) is 10.1. The van der Waals surface area contributed by atoms with Crippen molar-refractivity contribution >= 4 is 11.6 Å². The van der Waals surface area contributed by atoms with Crippen molar-refractivity contribution in [3.63, 3.8) is 0 Å². The van der Waals surface area contributed by atoms with Crippen LogP contribution in [-0.2, 0) is 0 Å². The maximum Gasteiger partial charge on any atom is 0.193 e. The fraction of sp³-hybridized carbons (Fsp3) is 0.0714. The zero-order valence-electron chi connectivity index (χ0n) is 17.5. The number of benzene rings is 4. The van der Waals surface area contributed by atoms with Crippen LogP contribution in [0.1, 0.15) is 43.0 Å². The van der Waals surface area contributed by atoms with Crippen molar-refractivity contribution in [1.29, 1.82) is 0 Å². The number of hydrogen-bond donors (Lipinski definition) is 0. The van der Waals surface area contributed by atoms with Gasteiger partial charge >= 0.3 is 0 Å². The first-order chi connectivity index (χ1) is 15.0. The maximum absolute atomic E-state index is 12.6. The third-order valence-electron chi connectivity index (χ3n) is 5.10. The standard InChI is InChI=1S/C28H22O3/c1-19-3-7-21(8-4-19)27(29)23-11-15-25(16-12-23)31-26-17-13-24(14-18-26)28(30)22-9-5-20(2)6-10-22/h3-18H,1-2H3. The average Bonchev–Trinajstić information content (AvgIpc) is 2.80. The van der Waals surface area contributed by atoms with Crippen molar-refractivity contribution in [1.82, 2.24) is 0 Å². The zero-order valence-corrected chi connectivity index (χ0v) is 17.5. The van der Waals surface area contributed by atoms with Gasteiger partial charge in [0.2, 0.25) is 0 Å². The summed E-state index contributed by atoms with van der Waals surface area (Å²) in [6, 6.07) is 29.2. The molecule has 4 aromatic rings. The van der Waals surface area contributed by atoms with Crippen LogP contribution in [0.25, 0.3) is 0 Å². The van der Waals surface area contributed by atoms with Crippen molar-refractivity contribution in [3.05, 3.63) is 130 Å². The van der Waals surface area contributed by atoms with Gasteiger partial charge in [-0.2, -0.15) is 0 Å². The smallest absolute Gasteiger partial charge is 0.193 e. The summed E-state index contributed by atoms with van der Waals surface area (Å²) >= 11 is 0. The topological polar surface area (TPSA) is 43.4 Å². The molecule has 0 aromatic heterocycles. The molecule has 0 bridgehead atoms. The minimum atomic E-state index is -0.0227. The highest BCUT2D eigenvalue weighted by atomic mass is 16.5. The molecule has 3 nitrogen and oxygen atoms in total. The number of carbonyl (C=O) groups excluding carboxylic acids is 2. The predicted octanol–water partition coefficient (Wildman–Crippen LogP) is 6.56. The van der Waals surface area contributed by atoms with Crippen molar-refractivity contribution in [2.45, 2.75) is 13.8 Å². The van der Waals surface area contributed by atoms with E-state index in [2.05, 4.69) is 0 Å². The lowest BCUT2D eigenvalue weighted by molar-refractivity contribution is 0.103. The van der Waals surface area contributed by atoms with Gasteiger partial charge in [0.15, 0.2) is 11.6 Å². The van der Waals surface area contributed by atoms with Crippen molar-refractivity contribution in [2.75, 3.05) is 0 Å². The van der Waals surface area contributed by atoms with Gasteiger partial charge in [-0.15, -0.1) is 0 Å². The molecule has 0 radical (unpaired) electrons. The minimum absolute atomic E-state index is 0.0227. The van der Waals surface area contributed by atoms with Crippen LogP contribution in [0.2, 0.25) is 0 Å². The number of ether oxygens (including phenoxy) is 1. The SMILES string of the molecule is Cc1ccc(C(=O)c2ccc(Oc3ccc(C(=O)c4ccc(C)cc4)cc3)cc2)cc1. The van der Waals surface area contributed by atoms with Crippen LogP contribution in [0.4, 0.5) is 0 Å². The molecule has 0 atom stereocenters. The number of rotatable bonds is 6. The van der Waals surface area contributed by atoms with Crippen molar-refractivity contribution < 1.29 is 14.3 Å². The van der Waals surface area contributed by atoms with Crippen LogP contribution in [-0.4, -0.2) is 11.6 Å². The summed E-state index contributed by atoms with van der Waals surface area (Å²) in [6.07, 6.45) is 0. The molecule has 0 unspecified atom stereocenters. The first-order valence-electron chi connectivity index (χ1n) is 10.1. The summed E-state index contributed by atoms with van der Waals surface area (Å²) < 4.78 is 5.87. The normalized spacial score (nSPS) is 10.5. The van der Waals surface area contributed by atoms with E-state index < -0.39 is 0 Å². The lowest BCUT2D eigenvalue weighted by atomic mass is 10.0. The Bertz CT molecular complexity index is 1100. The fourth-order valence-electron chi connectivity index (χ4n) is 3.23. The lowest BCUT2D eigenvalue weighted by Gasteiger charge is -2.08. The highest BCUT2D eigenvalue weighted by Gasteiger charge is 2.11. The quantitative estimate of drug-likeness (QED) is 0.341. The Kier molecular flexibility index (Phi) is 5.76. The van der Waals surface area contributed by atoms with Crippen LogP contribution in [0.3, 0.4) is 0 Å². The molecule has 0 amide bonds. The molecule has 0 N–H and O–H groups in total. The summed E-state index contributed by atoms with van der Waals surface area (Å²) in [6.45, 7) is 3.98. The Hall–Kier alpha value is -3.98. The Morgan fingerprint density at radius 3 is 1.00 bits per heavy atom. The van der Waals surface area contributed by atoms with E-state index in [0.29, 0.717) is 33.8 Å². The number of ketones is 2. The Morgan fingerprint density at radius 2 is 0.710 bits per heavy atom. The molecule has 0 heterocycles. The largest absolute Gasteiger partial charge is 0.457 e. The number of hydrogen-bond acceptors (Lipinski definition) is 3. The van der Waals surface area contributed by atoms with Crippen LogP contribution < -0.4 is 4.74 Å². The van der Waals surface area contributed by atoms with E-state index in [1.54, 1.807) is 48.5 Å². The van der Waals surface area contributed by atoms with E-state index in [0.717, 1.165) is 11.1 Å². The molecule has 0 fully saturated rings. The van der Waals surface area contributed by atoms with Crippen molar-refractivity contribution in [3.8, 4) is 11.5 Å². The van der Waals surface area contributed by atoms with Crippen LogP contribution >= 0.6 is 0 Å². The first kappa shape index (κ1) is 20.3. The van der Waals surface area contributed by atoms with Gasteiger partial charge in [-0.05, 0) is 62.4 Å². The molecule has 152 valence electrons. The highest BCUT2D eigenvalue weighted by Crippen LogP contribution is 2.24. The van der Waals surface area contributed by atoms with Gasteiger partial charge in [0, 0.05) is 22.3 Å². The average molecular weight is 406 g/mol. The van der Waals surface area contributed by atoms with Crippen LogP contribution in [0, 0.1) is 13.8 Å². The van der Waals surface area contributed by atoms with E-state index in [-0.39, 0.29) is 11.6 Å². The summed E-state index contributed by atoms with van der Waals surface area (Å²) in [5.41, 5.74) is 4.77. The molecule has 0 aliphatic rings. The molecule has 0 aliphatic heterocycles. The monoisotopic (exact) mass is 406 g/mol. The summed E-state index contributed by atoms with van der Waals surface area (Å²) in [4.78, 5) is 25.2. The third kappa shape index (κ3) is 4.78. The minimum Gasteiger partial charge on any atom is -0.457 e. The van der Waals surface area contributed by atoms with Crippen molar-refractivity contribution in [2.24, 2.45) is 0 Å². The van der Waals surface area contributed by atoms with E-state index in [1.807, 2.05) is 62.4 Å². The highest BCUT2D eigenvalue weighted by molar-refractivity contribution is 6.09. The van der Waals surface area contributed by atoms with E-state index in [4.69, 9.17) is 4.74 Å².